The number of rotatable bonds is 6. The molecule has 2 heterocycles. The lowest BCUT2D eigenvalue weighted by Crippen LogP contribution is -2.22. The molecule has 0 saturated carbocycles. The highest BCUT2D eigenvalue weighted by atomic mass is 32.2. The van der Waals surface area contributed by atoms with Crippen molar-refractivity contribution < 1.29 is 13.6 Å². The number of anilines is 1. The third kappa shape index (κ3) is 4.49. The Morgan fingerprint density at radius 2 is 1.88 bits per heavy atom. The standard InChI is InChI=1S/C16H14F2N4OS2/c1-10(24-16-21-20-13-4-2-3-9-22(13)16)14(23)19-11-5-7-12(8-6-11)25-15(17)18/h2-10,15H,1H3,(H,19,23)/t10-/m0/s1. The Labute approximate surface area is 151 Å². The molecule has 0 bridgehead atoms. The molecule has 1 atom stereocenters. The number of halogens is 2. The van der Waals surface area contributed by atoms with Gasteiger partial charge in [0.15, 0.2) is 10.8 Å². The summed E-state index contributed by atoms with van der Waals surface area (Å²) in [5.74, 6) is -2.67. The number of amides is 1. The van der Waals surface area contributed by atoms with Crippen molar-refractivity contribution in [2.24, 2.45) is 0 Å². The lowest BCUT2D eigenvalue weighted by molar-refractivity contribution is -0.115. The van der Waals surface area contributed by atoms with Crippen LogP contribution in [0.4, 0.5) is 14.5 Å². The van der Waals surface area contributed by atoms with Gasteiger partial charge in [0.05, 0.1) is 5.25 Å². The van der Waals surface area contributed by atoms with E-state index in [1.54, 1.807) is 31.2 Å². The largest absolute Gasteiger partial charge is 0.325 e. The molecule has 9 heteroatoms. The minimum absolute atomic E-state index is 0.202. The third-order valence-electron chi connectivity index (χ3n) is 3.28. The van der Waals surface area contributed by atoms with Crippen LogP contribution in [0.25, 0.3) is 5.65 Å². The Kier molecular flexibility index (Phi) is 5.54. The summed E-state index contributed by atoms with van der Waals surface area (Å²) in [6.45, 7) is 1.77. The van der Waals surface area contributed by atoms with E-state index in [2.05, 4.69) is 15.5 Å². The Morgan fingerprint density at radius 1 is 1.12 bits per heavy atom. The van der Waals surface area contributed by atoms with Crippen molar-refractivity contribution in [3.05, 3.63) is 48.7 Å². The van der Waals surface area contributed by atoms with E-state index in [-0.39, 0.29) is 5.91 Å². The normalized spacial score (nSPS) is 12.5. The summed E-state index contributed by atoms with van der Waals surface area (Å²) in [5.41, 5.74) is 1.27. The van der Waals surface area contributed by atoms with Crippen LogP contribution in [0.5, 0.6) is 0 Å². The molecule has 130 valence electrons. The Morgan fingerprint density at radius 3 is 2.60 bits per heavy atom. The molecule has 1 N–H and O–H groups in total. The first-order valence-corrected chi connectivity index (χ1v) is 9.11. The molecule has 0 saturated heterocycles. The molecular weight excluding hydrogens is 366 g/mol. The van der Waals surface area contributed by atoms with E-state index in [4.69, 9.17) is 0 Å². The molecule has 0 aliphatic rings. The first-order valence-electron chi connectivity index (χ1n) is 7.35. The van der Waals surface area contributed by atoms with Gasteiger partial charge in [-0.2, -0.15) is 8.78 Å². The molecule has 0 unspecified atom stereocenters. The fourth-order valence-electron chi connectivity index (χ4n) is 2.08. The predicted octanol–water partition coefficient (Wildman–Crippen LogP) is 4.16. The van der Waals surface area contributed by atoms with Gasteiger partial charge in [0.25, 0.3) is 5.76 Å². The fraction of sp³-hybridized carbons (Fsp3) is 0.188. The third-order valence-corrected chi connectivity index (χ3v) is 5.06. The maximum Gasteiger partial charge on any atom is 0.288 e. The van der Waals surface area contributed by atoms with Crippen LogP contribution in [0.1, 0.15) is 6.92 Å². The molecule has 1 amide bonds. The van der Waals surface area contributed by atoms with Crippen LogP contribution in [0.2, 0.25) is 0 Å². The van der Waals surface area contributed by atoms with Gasteiger partial charge in [-0.1, -0.05) is 29.6 Å². The van der Waals surface area contributed by atoms with Gasteiger partial charge in [-0.25, -0.2) is 0 Å². The number of hydrogen-bond donors (Lipinski definition) is 1. The van der Waals surface area contributed by atoms with Crippen LogP contribution in [0, 0.1) is 0 Å². The van der Waals surface area contributed by atoms with Gasteiger partial charge in [-0.05, 0) is 43.3 Å². The van der Waals surface area contributed by atoms with Crippen molar-refractivity contribution in [3.8, 4) is 0 Å². The topological polar surface area (TPSA) is 59.3 Å². The number of benzene rings is 1. The summed E-state index contributed by atoms with van der Waals surface area (Å²) in [4.78, 5) is 12.8. The highest BCUT2D eigenvalue weighted by Gasteiger charge is 2.18. The number of thioether (sulfide) groups is 2. The van der Waals surface area contributed by atoms with Crippen molar-refractivity contribution in [2.45, 2.75) is 28.0 Å². The molecule has 1 aromatic carbocycles. The van der Waals surface area contributed by atoms with Gasteiger partial charge in [0.2, 0.25) is 5.91 Å². The Hall–Kier alpha value is -2.13. The number of carbonyl (C=O) groups excluding carboxylic acids is 1. The lowest BCUT2D eigenvalue weighted by Gasteiger charge is -2.11. The van der Waals surface area contributed by atoms with Crippen LogP contribution in [-0.4, -0.2) is 31.5 Å². The number of aromatic nitrogens is 3. The minimum atomic E-state index is -2.46. The molecule has 0 spiro atoms. The first-order chi connectivity index (χ1) is 12.0. The Bertz CT molecular complexity index is 870. The number of nitrogens with one attached hydrogen (secondary N) is 1. The van der Waals surface area contributed by atoms with Crippen molar-refractivity contribution in [1.82, 2.24) is 14.6 Å². The molecule has 0 aliphatic carbocycles. The van der Waals surface area contributed by atoms with E-state index in [9.17, 15) is 13.6 Å². The number of fused-ring (bicyclic) bond motifs is 1. The highest BCUT2D eigenvalue weighted by molar-refractivity contribution is 8.00. The van der Waals surface area contributed by atoms with E-state index in [0.717, 1.165) is 0 Å². The molecular formula is C16H14F2N4OS2. The first kappa shape index (κ1) is 17.7. The van der Waals surface area contributed by atoms with Crippen molar-refractivity contribution in [2.75, 3.05) is 5.32 Å². The van der Waals surface area contributed by atoms with E-state index < -0.39 is 11.0 Å². The molecule has 0 radical (unpaired) electrons. The molecule has 0 aliphatic heterocycles. The van der Waals surface area contributed by atoms with Crippen molar-refractivity contribution in [1.29, 1.82) is 0 Å². The van der Waals surface area contributed by atoms with Crippen molar-refractivity contribution in [3.63, 3.8) is 0 Å². The molecule has 5 nitrogen and oxygen atoms in total. The summed E-state index contributed by atoms with van der Waals surface area (Å²) in [6, 6.07) is 11.9. The molecule has 2 aromatic heterocycles. The summed E-state index contributed by atoms with van der Waals surface area (Å²) < 4.78 is 26.4. The average Bonchev–Trinajstić information content (AvgIpc) is 2.99. The van der Waals surface area contributed by atoms with Crippen molar-refractivity contribution >= 4 is 40.8 Å². The van der Waals surface area contributed by atoms with E-state index in [1.807, 2.05) is 28.8 Å². The highest BCUT2D eigenvalue weighted by Crippen LogP contribution is 2.27. The van der Waals surface area contributed by atoms with Crippen LogP contribution in [0.3, 0.4) is 0 Å². The SMILES string of the molecule is C[C@H](Sc1nnc2ccccn12)C(=O)Nc1ccc(SC(F)F)cc1. The summed E-state index contributed by atoms with van der Waals surface area (Å²) in [5, 5.41) is 11.1. The van der Waals surface area contributed by atoms with Crippen LogP contribution >= 0.6 is 23.5 Å². The number of pyridine rings is 1. The van der Waals surface area contributed by atoms with Crippen LogP contribution < -0.4 is 5.32 Å². The average molecular weight is 380 g/mol. The van der Waals surface area contributed by atoms with E-state index in [1.165, 1.54) is 11.8 Å². The number of hydrogen-bond acceptors (Lipinski definition) is 5. The Balaban J connectivity index is 1.62. The smallest absolute Gasteiger partial charge is 0.288 e. The maximum atomic E-state index is 12.3. The number of nitrogens with zero attached hydrogens (tertiary/aromatic N) is 3. The van der Waals surface area contributed by atoms with Crippen LogP contribution in [0.15, 0.2) is 58.7 Å². The van der Waals surface area contributed by atoms with Gasteiger partial charge in [-0.3, -0.25) is 9.20 Å². The number of carbonyl (C=O) groups is 1. The second-order valence-corrected chi connectivity index (χ2v) is 7.44. The summed E-state index contributed by atoms with van der Waals surface area (Å²) in [7, 11) is 0. The quantitative estimate of drug-likeness (QED) is 0.651. The maximum absolute atomic E-state index is 12.3. The lowest BCUT2D eigenvalue weighted by atomic mass is 10.3. The summed E-state index contributed by atoms with van der Waals surface area (Å²) in [6.07, 6.45) is 1.84. The van der Waals surface area contributed by atoms with E-state index in [0.29, 0.717) is 33.1 Å². The predicted molar refractivity (Wildman–Crippen MR) is 95.2 cm³/mol. The minimum Gasteiger partial charge on any atom is -0.325 e. The number of alkyl halides is 2. The van der Waals surface area contributed by atoms with E-state index >= 15 is 0 Å². The molecule has 0 fully saturated rings. The molecule has 3 aromatic rings. The van der Waals surface area contributed by atoms with Gasteiger partial charge >= 0.3 is 0 Å². The zero-order valence-electron chi connectivity index (χ0n) is 13.1. The van der Waals surface area contributed by atoms with Gasteiger partial charge in [0, 0.05) is 16.8 Å². The second-order valence-electron chi connectivity index (χ2n) is 5.06. The molecule has 3 rings (SSSR count). The second kappa shape index (κ2) is 7.83. The van der Waals surface area contributed by atoms with Gasteiger partial charge in [-0.15, -0.1) is 10.2 Å². The zero-order valence-corrected chi connectivity index (χ0v) is 14.7. The van der Waals surface area contributed by atoms with Gasteiger partial charge in [0.1, 0.15) is 0 Å². The fourth-order valence-corrected chi connectivity index (χ4v) is 3.41. The van der Waals surface area contributed by atoms with Gasteiger partial charge < -0.3 is 5.32 Å². The monoisotopic (exact) mass is 380 g/mol. The van der Waals surface area contributed by atoms with Crippen LogP contribution in [-0.2, 0) is 4.79 Å². The zero-order chi connectivity index (χ0) is 17.8. The summed E-state index contributed by atoms with van der Waals surface area (Å²) >= 11 is 1.76. The molecule has 25 heavy (non-hydrogen) atoms.